The van der Waals surface area contributed by atoms with E-state index < -0.39 is 18.0 Å². The van der Waals surface area contributed by atoms with Crippen LogP contribution >= 0.6 is 0 Å². The predicted molar refractivity (Wildman–Crippen MR) is 99.9 cm³/mol. The molecule has 0 bridgehead atoms. The van der Waals surface area contributed by atoms with Crippen molar-refractivity contribution in [2.24, 2.45) is 0 Å². The van der Waals surface area contributed by atoms with Gasteiger partial charge in [0.15, 0.2) is 6.10 Å². The molecule has 2 aromatic rings. The number of carbonyl (C=O) groups is 2. The van der Waals surface area contributed by atoms with Crippen LogP contribution in [-0.2, 0) is 9.53 Å². The Morgan fingerprint density at radius 3 is 2.46 bits per heavy atom. The number of nitrogens with zero attached hydrogens (tertiary/aromatic N) is 1. The van der Waals surface area contributed by atoms with Crippen molar-refractivity contribution in [3.8, 4) is 6.07 Å². The number of hydrogen-bond donors (Lipinski definition) is 1. The van der Waals surface area contributed by atoms with Crippen LogP contribution in [0.25, 0.3) is 0 Å². The van der Waals surface area contributed by atoms with Crippen LogP contribution in [0.5, 0.6) is 0 Å². The quantitative estimate of drug-likeness (QED) is 0.821. The van der Waals surface area contributed by atoms with Gasteiger partial charge in [0.05, 0.1) is 17.2 Å². The summed E-state index contributed by atoms with van der Waals surface area (Å²) in [6.45, 7) is 7.55. The van der Waals surface area contributed by atoms with Crippen molar-refractivity contribution in [2.75, 3.05) is 5.32 Å². The van der Waals surface area contributed by atoms with Gasteiger partial charge in [0.25, 0.3) is 5.91 Å². The molecule has 0 spiro atoms. The van der Waals surface area contributed by atoms with Gasteiger partial charge in [0.2, 0.25) is 0 Å². The van der Waals surface area contributed by atoms with Gasteiger partial charge in [-0.15, -0.1) is 0 Å². The zero-order chi connectivity index (χ0) is 19.3. The lowest BCUT2D eigenvalue weighted by Crippen LogP contribution is -2.30. The molecule has 0 aliphatic carbocycles. The summed E-state index contributed by atoms with van der Waals surface area (Å²) in [5.74, 6) is -0.790. The second kappa shape index (κ2) is 8.30. The van der Waals surface area contributed by atoms with Gasteiger partial charge in [-0.3, -0.25) is 4.79 Å². The van der Waals surface area contributed by atoms with Gasteiger partial charge in [-0.05, 0) is 49.1 Å². The number of esters is 1. The lowest BCUT2D eigenvalue weighted by Gasteiger charge is -2.19. The molecule has 0 aliphatic heterocycles. The Kier molecular flexibility index (Phi) is 6.13. The molecule has 134 valence electrons. The van der Waals surface area contributed by atoms with Crippen molar-refractivity contribution in [3.05, 3.63) is 64.7 Å². The molecule has 2 rings (SSSR count). The summed E-state index contributed by atoms with van der Waals surface area (Å²) in [6.07, 6.45) is -0.965. The zero-order valence-corrected chi connectivity index (χ0v) is 15.4. The van der Waals surface area contributed by atoms with E-state index in [4.69, 9.17) is 10.00 Å². The Balaban J connectivity index is 2.11. The largest absolute Gasteiger partial charge is 0.449 e. The van der Waals surface area contributed by atoms with E-state index in [1.54, 1.807) is 18.2 Å². The van der Waals surface area contributed by atoms with Gasteiger partial charge in [-0.2, -0.15) is 5.26 Å². The molecule has 5 heteroatoms. The van der Waals surface area contributed by atoms with E-state index in [0.29, 0.717) is 5.56 Å². The van der Waals surface area contributed by atoms with Crippen molar-refractivity contribution < 1.29 is 14.3 Å². The fourth-order valence-corrected chi connectivity index (χ4v) is 2.56. The van der Waals surface area contributed by atoms with Crippen molar-refractivity contribution in [1.82, 2.24) is 0 Å². The smallest absolute Gasteiger partial charge is 0.338 e. The topological polar surface area (TPSA) is 79.2 Å². The number of anilines is 1. The third-order valence-corrected chi connectivity index (χ3v) is 4.06. The van der Waals surface area contributed by atoms with Gasteiger partial charge in [0.1, 0.15) is 0 Å². The first-order valence-electron chi connectivity index (χ1n) is 8.45. The van der Waals surface area contributed by atoms with Gasteiger partial charge in [0, 0.05) is 5.69 Å². The highest BCUT2D eigenvalue weighted by molar-refractivity contribution is 5.98. The van der Waals surface area contributed by atoms with Crippen molar-refractivity contribution in [3.63, 3.8) is 0 Å². The highest BCUT2D eigenvalue weighted by Crippen LogP contribution is 2.27. The first kappa shape index (κ1) is 19.2. The maximum atomic E-state index is 12.5. The van der Waals surface area contributed by atoms with Gasteiger partial charge >= 0.3 is 5.97 Å². The fraction of sp³-hybridized carbons (Fsp3) is 0.286. The minimum absolute atomic E-state index is 0.238. The average molecular weight is 350 g/mol. The van der Waals surface area contributed by atoms with Crippen LogP contribution in [-0.4, -0.2) is 18.0 Å². The summed E-state index contributed by atoms with van der Waals surface area (Å²) in [6, 6.07) is 14.0. The van der Waals surface area contributed by atoms with E-state index in [2.05, 4.69) is 19.2 Å². The maximum absolute atomic E-state index is 12.5. The molecule has 0 saturated carbocycles. The average Bonchev–Trinajstić information content (AvgIpc) is 2.62. The minimum atomic E-state index is -0.965. The molecule has 26 heavy (non-hydrogen) atoms. The molecule has 2 aromatic carbocycles. The molecule has 0 unspecified atom stereocenters. The van der Waals surface area contributed by atoms with E-state index in [1.807, 2.05) is 31.2 Å². The van der Waals surface area contributed by atoms with E-state index in [-0.39, 0.29) is 11.5 Å². The molecular weight excluding hydrogens is 328 g/mol. The van der Waals surface area contributed by atoms with Crippen LogP contribution in [0.2, 0.25) is 0 Å². The number of para-hydroxylation sites is 1. The summed E-state index contributed by atoms with van der Waals surface area (Å²) in [5.41, 5.74) is 3.32. The predicted octanol–water partition coefficient (Wildman–Crippen LogP) is 4.17. The van der Waals surface area contributed by atoms with Crippen LogP contribution in [0.4, 0.5) is 5.69 Å². The van der Waals surface area contributed by atoms with Crippen LogP contribution in [0.1, 0.15) is 53.7 Å². The van der Waals surface area contributed by atoms with Crippen molar-refractivity contribution in [2.45, 2.75) is 39.7 Å². The Morgan fingerprint density at radius 2 is 1.81 bits per heavy atom. The van der Waals surface area contributed by atoms with Crippen LogP contribution in [0.15, 0.2) is 42.5 Å². The van der Waals surface area contributed by atoms with Crippen LogP contribution in [0.3, 0.4) is 0 Å². The Morgan fingerprint density at radius 1 is 1.12 bits per heavy atom. The number of hydrogen-bond acceptors (Lipinski definition) is 4. The first-order valence-corrected chi connectivity index (χ1v) is 8.45. The molecule has 0 heterocycles. The summed E-state index contributed by atoms with van der Waals surface area (Å²) >= 11 is 0. The molecule has 0 saturated heterocycles. The minimum Gasteiger partial charge on any atom is -0.449 e. The molecule has 0 radical (unpaired) electrons. The van der Waals surface area contributed by atoms with Gasteiger partial charge in [-0.25, -0.2) is 4.79 Å². The van der Waals surface area contributed by atoms with Crippen LogP contribution in [0, 0.1) is 18.3 Å². The fourth-order valence-electron chi connectivity index (χ4n) is 2.56. The number of nitriles is 1. The van der Waals surface area contributed by atoms with Crippen molar-refractivity contribution in [1.29, 1.82) is 5.26 Å². The maximum Gasteiger partial charge on any atom is 0.338 e. The summed E-state index contributed by atoms with van der Waals surface area (Å²) in [7, 11) is 0. The van der Waals surface area contributed by atoms with Crippen LogP contribution < -0.4 is 5.32 Å². The summed E-state index contributed by atoms with van der Waals surface area (Å²) < 4.78 is 5.25. The second-order valence-corrected chi connectivity index (χ2v) is 6.42. The lowest BCUT2D eigenvalue weighted by molar-refractivity contribution is -0.123. The second-order valence-electron chi connectivity index (χ2n) is 6.42. The summed E-state index contributed by atoms with van der Waals surface area (Å²) in [4.78, 5) is 24.7. The Hall–Kier alpha value is -3.13. The lowest BCUT2D eigenvalue weighted by atomic mass is 9.98. The third-order valence-electron chi connectivity index (χ3n) is 4.06. The van der Waals surface area contributed by atoms with Gasteiger partial charge < -0.3 is 10.1 Å². The monoisotopic (exact) mass is 350 g/mol. The Bertz CT molecular complexity index is 866. The number of rotatable bonds is 5. The SMILES string of the molecule is Cc1cccc(C(C)C)c1NC(=O)[C@H](C)OC(=O)c1cccc(C#N)c1. The molecule has 1 amide bonds. The molecule has 0 fully saturated rings. The Labute approximate surface area is 153 Å². The highest BCUT2D eigenvalue weighted by Gasteiger charge is 2.21. The molecule has 0 aliphatic rings. The molecular formula is C21H22N2O3. The van der Waals surface area contributed by atoms with E-state index in [9.17, 15) is 9.59 Å². The number of nitrogens with one attached hydrogen (secondary N) is 1. The van der Waals surface area contributed by atoms with E-state index >= 15 is 0 Å². The number of carbonyl (C=O) groups excluding carboxylic acids is 2. The summed E-state index contributed by atoms with van der Waals surface area (Å²) in [5, 5.41) is 11.8. The normalized spacial score (nSPS) is 11.5. The highest BCUT2D eigenvalue weighted by atomic mass is 16.5. The zero-order valence-electron chi connectivity index (χ0n) is 15.4. The van der Waals surface area contributed by atoms with Gasteiger partial charge in [-0.1, -0.05) is 38.1 Å². The third kappa shape index (κ3) is 4.48. The van der Waals surface area contributed by atoms with E-state index in [1.165, 1.54) is 13.0 Å². The first-order chi connectivity index (χ1) is 12.3. The number of ether oxygens (including phenoxy) is 1. The van der Waals surface area contributed by atoms with E-state index in [0.717, 1.165) is 16.8 Å². The standard InChI is InChI=1S/C21H22N2O3/c1-13(2)18-10-5-7-14(3)19(18)23-20(24)15(4)26-21(25)17-9-6-8-16(11-17)12-22/h5-11,13,15H,1-4H3,(H,23,24)/t15-/m0/s1. The number of aryl methyl sites for hydroxylation is 1. The number of amides is 1. The molecule has 1 atom stereocenters. The molecule has 1 N–H and O–H groups in total. The molecule has 5 nitrogen and oxygen atoms in total. The number of benzene rings is 2. The van der Waals surface area contributed by atoms with Crippen molar-refractivity contribution >= 4 is 17.6 Å². The molecule has 0 aromatic heterocycles.